The second-order valence-electron chi connectivity index (χ2n) is 11.1. The number of rotatable bonds is 7. The minimum Gasteiger partial charge on any atom is -0.473 e. The summed E-state index contributed by atoms with van der Waals surface area (Å²) in [4.78, 5) is 8.74. The fourth-order valence-corrected chi connectivity index (χ4v) is 5.24. The molecule has 6 nitrogen and oxygen atoms in total. The first kappa shape index (κ1) is 26.0. The van der Waals surface area contributed by atoms with Crippen molar-refractivity contribution in [3.63, 3.8) is 0 Å². The lowest BCUT2D eigenvalue weighted by molar-refractivity contribution is 0.0577. The fourth-order valence-electron chi connectivity index (χ4n) is 5.24. The van der Waals surface area contributed by atoms with Gasteiger partial charge in [0.25, 0.3) is 0 Å². The molecule has 1 aliphatic rings. The van der Waals surface area contributed by atoms with Gasteiger partial charge in [-0.15, -0.1) is 0 Å². The molecule has 4 aromatic rings. The molecular formula is C30H32F2N4O2. The first-order chi connectivity index (χ1) is 18.0. The molecule has 1 atom stereocenters. The Hall–Kier alpha value is -3.65. The number of ether oxygens (including phenoxy) is 1. The van der Waals surface area contributed by atoms with E-state index >= 15 is 4.39 Å². The van der Waals surface area contributed by atoms with E-state index in [0.717, 1.165) is 35.6 Å². The summed E-state index contributed by atoms with van der Waals surface area (Å²) in [6.45, 7) is 9.63. The number of aryl methyl sites for hydroxylation is 2. The molecule has 1 aliphatic carbocycles. The zero-order valence-electron chi connectivity index (χ0n) is 22.3. The van der Waals surface area contributed by atoms with Gasteiger partial charge >= 0.3 is 0 Å². The highest BCUT2D eigenvalue weighted by Crippen LogP contribution is 2.35. The maximum Gasteiger partial charge on any atom is 0.213 e. The van der Waals surface area contributed by atoms with Crippen molar-refractivity contribution in [3.8, 4) is 28.4 Å². The Morgan fingerprint density at radius 2 is 1.71 bits per heavy atom. The van der Waals surface area contributed by atoms with Gasteiger partial charge in [-0.1, -0.05) is 6.92 Å². The normalized spacial score (nSPS) is 15.1. The van der Waals surface area contributed by atoms with Gasteiger partial charge < -0.3 is 9.84 Å². The van der Waals surface area contributed by atoms with Crippen molar-refractivity contribution in [2.75, 3.05) is 0 Å². The molecular weight excluding hydrogens is 486 g/mol. The Morgan fingerprint density at radius 1 is 1.00 bits per heavy atom. The van der Waals surface area contributed by atoms with Crippen LogP contribution >= 0.6 is 0 Å². The number of hydrogen-bond acceptors (Lipinski definition) is 5. The highest BCUT2D eigenvalue weighted by atomic mass is 19.1. The van der Waals surface area contributed by atoms with E-state index in [4.69, 9.17) is 4.74 Å². The van der Waals surface area contributed by atoms with Gasteiger partial charge in [0.15, 0.2) is 5.82 Å². The van der Waals surface area contributed by atoms with E-state index in [-0.39, 0.29) is 12.2 Å². The Morgan fingerprint density at radius 3 is 2.42 bits per heavy atom. The molecule has 2 heterocycles. The van der Waals surface area contributed by atoms with E-state index in [1.165, 1.54) is 17.2 Å². The average molecular weight is 519 g/mol. The summed E-state index contributed by atoms with van der Waals surface area (Å²) < 4.78 is 37.2. The molecule has 2 aromatic heterocycles. The van der Waals surface area contributed by atoms with Gasteiger partial charge in [0, 0.05) is 35.0 Å². The minimum atomic E-state index is -0.919. The Kier molecular flexibility index (Phi) is 6.77. The molecule has 198 valence electrons. The number of pyridine rings is 1. The second-order valence-corrected chi connectivity index (χ2v) is 11.1. The molecule has 2 aromatic carbocycles. The van der Waals surface area contributed by atoms with Crippen LogP contribution in [0, 0.1) is 31.4 Å². The van der Waals surface area contributed by atoms with Crippen LogP contribution in [0.1, 0.15) is 48.6 Å². The molecule has 8 heteroatoms. The third kappa shape index (κ3) is 5.45. The zero-order chi connectivity index (χ0) is 27.2. The van der Waals surface area contributed by atoms with E-state index in [1.54, 1.807) is 24.9 Å². The van der Waals surface area contributed by atoms with Crippen molar-refractivity contribution in [1.29, 1.82) is 0 Å². The maximum atomic E-state index is 15.1. The predicted molar refractivity (Wildman–Crippen MR) is 142 cm³/mol. The fraction of sp³-hybridized carbons (Fsp3) is 0.367. The standard InChI is InChI=1S/C30H32F2N4O2/c1-17-6-20-11-27(33-13-22(20)7-17)38-14-23-10-24(26(32)12-25(23)31)28-18(2)8-21(9-19(28)3)29-34-16-36(35-29)15-30(4,5)37/h8-13,16-17,37H,6-7,14-15H2,1-5H3/t17-/m0/s1. The van der Waals surface area contributed by atoms with Crippen LogP contribution in [0.3, 0.4) is 0 Å². The maximum absolute atomic E-state index is 15.1. The van der Waals surface area contributed by atoms with Crippen LogP contribution < -0.4 is 4.74 Å². The van der Waals surface area contributed by atoms with Crippen LogP contribution in [0.2, 0.25) is 0 Å². The molecule has 0 saturated heterocycles. The lowest BCUT2D eigenvalue weighted by atomic mass is 9.92. The van der Waals surface area contributed by atoms with Gasteiger partial charge in [-0.2, -0.15) is 5.10 Å². The first-order valence-electron chi connectivity index (χ1n) is 12.8. The van der Waals surface area contributed by atoms with Crippen LogP contribution in [0.15, 0.2) is 42.9 Å². The number of aliphatic hydroxyl groups is 1. The molecule has 0 radical (unpaired) electrons. The van der Waals surface area contributed by atoms with Crippen LogP contribution in [-0.2, 0) is 26.0 Å². The van der Waals surface area contributed by atoms with Gasteiger partial charge in [0.1, 0.15) is 24.6 Å². The molecule has 5 rings (SSSR count). The van der Waals surface area contributed by atoms with Gasteiger partial charge in [-0.05, 0) is 92.5 Å². The number of benzene rings is 2. The zero-order valence-corrected chi connectivity index (χ0v) is 22.3. The third-order valence-electron chi connectivity index (χ3n) is 6.85. The largest absolute Gasteiger partial charge is 0.473 e. The van der Waals surface area contributed by atoms with Gasteiger partial charge in [0.2, 0.25) is 5.88 Å². The highest BCUT2D eigenvalue weighted by Gasteiger charge is 2.21. The molecule has 0 spiro atoms. The summed E-state index contributed by atoms with van der Waals surface area (Å²) in [5, 5.41) is 14.5. The monoisotopic (exact) mass is 518 g/mol. The summed E-state index contributed by atoms with van der Waals surface area (Å²) in [6.07, 6.45) is 5.40. The smallest absolute Gasteiger partial charge is 0.213 e. The molecule has 0 saturated carbocycles. The molecule has 0 fully saturated rings. The van der Waals surface area contributed by atoms with E-state index in [2.05, 4.69) is 22.0 Å². The third-order valence-corrected chi connectivity index (χ3v) is 6.85. The van der Waals surface area contributed by atoms with Crippen molar-refractivity contribution in [1.82, 2.24) is 19.7 Å². The number of halogens is 2. The quantitative estimate of drug-likeness (QED) is 0.326. The topological polar surface area (TPSA) is 73.1 Å². The van der Waals surface area contributed by atoms with Crippen molar-refractivity contribution >= 4 is 0 Å². The van der Waals surface area contributed by atoms with E-state index in [0.29, 0.717) is 35.3 Å². The van der Waals surface area contributed by atoms with Crippen molar-refractivity contribution in [2.45, 2.75) is 66.2 Å². The highest BCUT2D eigenvalue weighted by molar-refractivity contribution is 5.75. The van der Waals surface area contributed by atoms with Crippen LogP contribution in [0.5, 0.6) is 5.88 Å². The van der Waals surface area contributed by atoms with E-state index in [1.807, 2.05) is 38.2 Å². The summed E-state index contributed by atoms with van der Waals surface area (Å²) >= 11 is 0. The molecule has 0 bridgehead atoms. The summed E-state index contributed by atoms with van der Waals surface area (Å²) in [7, 11) is 0. The molecule has 0 unspecified atom stereocenters. The summed E-state index contributed by atoms with van der Waals surface area (Å²) in [5.74, 6) is 0.237. The van der Waals surface area contributed by atoms with Crippen molar-refractivity contribution < 1.29 is 18.6 Å². The van der Waals surface area contributed by atoms with E-state index < -0.39 is 17.2 Å². The van der Waals surface area contributed by atoms with Crippen LogP contribution in [-0.4, -0.2) is 30.5 Å². The van der Waals surface area contributed by atoms with Crippen molar-refractivity contribution in [3.05, 3.63) is 82.3 Å². The SMILES string of the molecule is Cc1cc(-c2ncn(CC(C)(C)O)n2)cc(C)c1-c1cc(COc2cc3c(cn2)C[C@@H](C)C3)c(F)cc1F. The molecule has 38 heavy (non-hydrogen) atoms. The number of hydrogen-bond donors (Lipinski definition) is 1. The van der Waals surface area contributed by atoms with Crippen LogP contribution in [0.25, 0.3) is 22.5 Å². The molecule has 0 amide bonds. The lowest BCUT2D eigenvalue weighted by Crippen LogP contribution is -2.26. The molecule has 1 N–H and O–H groups in total. The number of aromatic nitrogens is 4. The number of fused-ring (bicyclic) bond motifs is 1. The lowest BCUT2D eigenvalue weighted by Gasteiger charge is -2.16. The molecule has 0 aliphatic heterocycles. The van der Waals surface area contributed by atoms with Crippen LogP contribution in [0.4, 0.5) is 8.78 Å². The Bertz CT molecular complexity index is 1480. The van der Waals surface area contributed by atoms with Gasteiger partial charge in [-0.3, -0.25) is 0 Å². The van der Waals surface area contributed by atoms with Gasteiger partial charge in [0.05, 0.1) is 12.1 Å². The van der Waals surface area contributed by atoms with Gasteiger partial charge in [-0.25, -0.2) is 23.4 Å². The predicted octanol–water partition coefficient (Wildman–Crippen LogP) is 5.99. The number of nitrogens with zero attached hydrogens (tertiary/aromatic N) is 4. The second kappa shape index (κ2) is 9.91. The average Bonchev–Trinajstić information content (AvgIpc) is 3.43. The Balaban J connectivity index is 1.41. The van der Waals surface area contributed by atoms with E-state index in [9.17, 15) is 9.50 Å². The summed E-state index contributed by atoms with van der Waals surface area (Å²) in [5.41, 5.74) is 5.18. The first-order valence-corrected chi connectivity index (χ1v) is 12.8. The Labute approximate surface area is 221 Å². The summed E-state index contributed by atoms with van der Waals surface area (Å²) in [6, 6.07) is 8.13. The van der Waals surface area contributed by atoms with Crippen molar-refractivity contribution in [2.24, 2.45) is 5.92 Å². The minimum absolute atomic E-state index is 0.0564.